The lowest BCUT2D eigenvalue weighted by molar-refractivity contribution is 1.05. The molecular formula is C13H10N2S. The van der Waals surface area contributed by atoms with Crippen molar-refractivity contribution in [2.45, 2.75) is 9.92 Å². The van der Waals surface area contributed by atoms with Gasteiger partial charge in [0.05, 0.1) is 6.20 Å². The maximum atomic E-state index is 4.36. The molecule has 0 saturated carbocycles. The predicted molar refractivity (Wildman–Crippen MR) is 65.8 cm³/mol. The first-order valence-corrected chi connectivity index (χ1v) is 5.90. The molecule has 0 N–H and O–H groups in total. The lowest BCUT2D eigenvalue weighted by Crippen LogP contribution is -1.84. The van der Waals surface area contributed by atoms with Crippen LogP contribution in [0.3, 0.4) is 0 Å². The highest BCUT2D eigenvalue weighted by Crippen LogP contribution is 2.27. The third kappa shape index (κ3) is 1.70. The summed E-state index contributed by atoms with van der Waals surface area (Å²) in [4.78, 5) is 5.59. The number of aromatic nitrogens is 2. The van der Waals surface area contributed by atoms with Crippen molar-refractivity contribution in [1.29, 1.82) is 0 Å². The molecule has 0 aliphatic rings. The van der Waals surface area contributed by atoms with Gasteiger partial charge in [-0.2, -0.15) is 0 Å². The minimum atomic E-state index is 0.987. The lowest BCUT2D eigenvalue weighted by Gasteiger charge is -2.00. The molecule has 2 heterocycles. The molecule has 3 rings (SSSR count). The summed E-state index contributed by atoms with van der Waals surface area (Å²) in [5.41, 5.74) is 0.987. The number of imidazole rings is 1. The molecule has 0 spiro atoms. The molecule has 78 valence electrons. The van der Waals surface area contributed by atoms with Crippen LogP contribution in [-0.4, -0.2) is 9.38 Å². The Morgan fingerprint density at radius 1 is 0.938 bits per heavy atom. The van der Waals surface area contributed by atoms with Crippen LogP contribution in [-0.2, 0) is 0 Å². The molecule has 0 aliphatic heterocycles. The van der Waals surface area contributed by atoms with Crippen LogP contribution in [0.25, 0.3) is 5.65 Å². The van der Waals surface area contributed by atoms with E-state index in [0.29, 0.717) is 0 Å². The van der Waals surface area contributed by atoms with Crippen molar-refractivity contribution in [2.24, 2.45) is 0 Å². The van der Waals surface area contributed by atoms with Crippen LogP contribution in [0, 0.1) is 0 Å². The third-order valence-corrected chi connectivity index (χ3v) is 3.37. The lowest BCUT2D eigenvalue weighted by atomic mass is 10.4. The fourth-order valence-corrected chi connectivity index (χ4v) is 2.49. The molecule has 0 fully saturated rings. The van der Waals surface area contributed by atoms with Crippen molar-refractivity contribution in [3.8, 4) is 0 Å². The molecular weight excluding hydrogens is 216 g/mol. The van der Waals surface area contributed by atoms with Crippen molar-refractivity contribution in [2.75, 3.05) is 0 Å². The highest BCUT2D eigenvalue weighted by Gasteiger charge is 2.03. The molecule has 3 heteroatoms. The normalized spacial score (nSPS) is 10.8. The summed E-state index contributed by atoms with van der Waals surface area (Å²) in [5.74, 6) is 0. The summed E-state index contributed by atoms with van der Waals surface area (Å²) < 4.78 is 2.09. The fourth-order valence-electron chi connectivity index (χ4n) is 1.59. The first-order valence-electron chi connectivity index (χ1n) is 5.08. The molecule has 1 aromatic carbocycles. The van der Waals surface area contributed by atoms with Crippen LogP contribution in [0.2, 0.25) is 0 Å². The van der Waals surface area contributed by atoms with Crippen LogP contribution in [0.5, 0.6) is 0 Å². The molecule has 3 aromatic rings. The van der Waals surface area contributed by atoms with Gasteiger partial charge in [-0.05, 0) is 24.3 Å². The second-order valence-corrected chi connectivity index (χ2v) is 4.53. The van der Waals surface area contributed by atoms with Gasteiger partial charge < -0.3 is 0 Å². The Labute approximate surface area is 97.9 Å². The fraction of sp³-hybridized carbons (Fsp3) is 0. The summed E-state index contributed by atoms with van der Waals surface area (Å²) in [6, 6.07) is 16.4. The summed E-state index contributed by atoms with van der Waals surface area (Å²) in [6.45, 7) is 0. The number of hydrogen-bond donors (Lipinski definition) is 0. The number of benzene rings is 1. The Morgan fingerprint density at radius 2 is 1.75 bits per heavy atom. The molecule has 0 unspecified atom stereocenters. The van der Waals surface area contributed by atoms with Gasteiger partial charge in [-0.15, -0.1) is 0 Å². The van der Waals surface area contributed by atoms with Crippen LogP contribution in [0.1, 0.15) is 0 Å². The number of hydrogen-bond acceptors (Lipinski definition) is 2. The van der Waals surface area contributed by atoms with Crippen molar-refractivity contribution < 1.29 is 0 Å². The van der Waals surface area contributed by atoms with Crippen LogP contribution in [0.15, 0.2) is 70.8 Å². The Hall–Kier alpha value is -1.74. The van der Waals surface area contributed by atoms with E-state index in [9.17, 15) is 0 Å². The second kappa shape index (κ2) is 4.02. The second-order valence-electron chi connectivity index (χ2n) is 3.44. The van der Waals surface area contributed by atoms with Gasteiger partial charge in [-0.3, -0.25) is 4.40 Å². The van der Waals surface area contributed by atoms with E-state index in [0.717, 1.165) is 10.7 Å². The predicted octanol–water partition coefficient (Wildman–Crippen LogP) is 3.49. The minimum Gasteiger partial charge on any atom is -0.294 e. The Balaban J connectivity index is 2.01. The van der Waals surface area contributed by atoms with Gasteiger partial charge in [0.15, 0.2) is 0 Å². The Morgan fingerprint density at radius 3 is 2.62 bits per heavy atom. The van der Waals surface area contributed by atoms with Crippen molar-refractivity contribution in [3.05, 3.63) is 60.9 Å². The number of fused-ring (bicyclic) bond motifs is 1. The summed E-state index contributed by atoms with van der Waals surface area (Å²) in [7, 11) is 0. The number of rotatable bonds is 2. The van der Waals surface area contributed by atoms with Crippen LogP contribution in [0.4, 0.5) is 0 Å². The maximum Gasteiger partial charge on any atom is 0.137 e. The van der Waals surface area contributed by atoms with Gasteiger partial charge in [0.25, 0.3) is 0 Å². The Kier molecular flexibility index (Phi) is 2.38. The molecule has 0 bridgehead atoms. The van der Waals surface area contributed by atoms with Gasteiger partial charge in [0, 0.05) is 11.1 Å². The smallest absolute Gasteiger partial charge is 0.137 e. The molecule has 2 aromatic heterocycles. The number of nitrogens with zero attached hydrogens (tertiary/aromatic N) is 2. The van der Waals surface area contributed by atoms with E-state index in [1.165, 1.54) is 4.90 Å². The largest absolute Gasteiger partial charge is 0.294 e. The van der Waals surface area contributed by atoms with Crippen LogP contribution >= 0.6 is 11.8 Å². The molecule has 16 heavy (non-hydrogen) atoms. The molecule has 0 aliphatic carbocycles. The molecule has 2 nitrogen and oxygen atoms in total. The zero-order chi connectivity index (χ0) is 10.8. The molecule has 0 atom stereocenters. The molecule has 0 saturated heterocycles. The standard InChI is InChI=1S/C13H10N2S/c1-2-6-11(7-3-1)16-13-10-14-12-8-4-5-9-15(12)13/h1-10H. The van der Waals surface area contributed by atoms with E-state index in [-0.39, 0.29) is 0 Å². The first-order chi connectivity index (χ1) is 7.93. The zero-order valence-electron chi connectivity index (χ0n) is 8.58. The van der Waals surface area contributed by atoms with Gasteiger partial charge in [0.2, 0.25) is 0 Å². The van der Waals surface area contributed by atoms with E-state index in [1.807, 2.05) is 48.8 Å². The zero-order valence-corrected chi connectivity index (χ0v) is 9.39. The highest BCUT2D eigenvalue weighted by molar-refractivity contribution is 7.99. The number of pyridine rings is 1. The van der Waals surface area contributed by atoms with Crippen molar-refractivity contribution >= 4 is 17.4 Å². The molecule has 0 radical (unpaired) electrons. The van der Waals surface area contributed by atoms with Crippen molar-refractivity contribution in [1.82, 2.24) is 9.38 Å². The van der Waals surface area contributed by atoms with Gasteiger partial charge >= 0.3 is 0 Å². The van der Waals surface area contributed by atoms with Crippen molar-refractivity contribution in [3.63, 3.8) is 0 Å². The van der Waals surface area contributed by atoms with E-state index >= 15 is 0 Å². The third-order valence-electron chi connectivity index (χ3n) is 2.35. The Bertz CT molecular complexity index is 601. The monoisotopic (exact) mass is 226 g/mol. The van der Waals surface area contributed by atoms with Gasteiger partial charge in [-0.1, -0.05) is 36.0 Å². The summed E-state index contributed by atoms with van der Waals surface area (Å²) in [5, 5.41) is 1.14. The van der Waals surface area contributed by atoms with Crippen LogP contribution < -0.4 is 0 Å². The maximum absolute atomic E-state index is 4.36. The average molecular weight is 226 g/mol. The summed E-state index contributed by atoms with van der Waals surface area (Å²) in [6.07, 6.45) is 3.95. The highest BCUT2D eigenvalue weighted by atomic mass is 32.2. The van der Waals surface area contributed by atoms with E-state index in [2.05, 4.69) is 21.5 Å². The van der Waals surface area contributed by atoms with E-state index in [4.69, 9.17) is 0 Å². The first kappa shape index (κ1) is 9.48. The van der Waals surface area contributed by atoms with E-state index < -0.39 is 0 Å². The quantitative estimate of drug-likeness (QED) is 0.665. The van der Waals surface area contributed by atoms with Gasteiger partial charge in [0.1, 0.15) is 10.7 Å². The topological polar surface area (TPSA) is 17.3 Å². The average Bonchev–Trinajstić information content (AvgIpc) is 2.74. The van der Waals surface area contributed by atoms with E-state index in [1.54, 1.807) is 11.8 Å². The van der Waals surface area contributed by atoms with Gasteiger partial charge in [-0.25, -0.2) is 4.98 Å². The minimum absolute atomic E-state index is 0.987. The SMILES string of the molecule is c1ccc(Sc2cnc3ccccn23)cc1. The summed E-state index contributed by atoms with van der Waals surface area (Å²) >= 11 is 1.72. The molecule has 0 amide bonds.